The monoisotopic (exact) mass is 411 g/mol. The molecule has 0 saturated carbocycles. The summed E-state index contributed by atoms with van der Waals surface area (Å²) in [5.41, 5.74) is 6.01. The van der Waals surface area contributed by atoms with Gasteiger partial charge in [0.2, 0.25) is 0 Å². The number of hydrogen-bond acceptors (Lipinski definition) is 4. The van der Waals surface area contributed by atoms with Gasteiger partial charge in [-0.2, -0.15) is 0 Å². The van der Waals surface area contributed by atoms with Gasteiger partial charge in [-0.15, -0.1) is 0 Å². The smallest absolute Gasteiger partial charge is 0.291 e. The number of amides is 1. The van der Waals surface area contributed by atoms with Crippen molar-refractivity contribution in [3.8, 4) is 17.0 Å². The Kier molecular flexibility index (Phi) is 4.47. The Morgan fingerprint density at radius 1 is 1.06 bits per heavy atom. The second kappa shape index (κ2) is 7.32. The summed E-state index contributed by atoms with van der Waals surface area (Å²) in [4.78, 5) is 17.7. The van der Waals surface area contributed by atoms with Crippen LogP contribution >= 0.6 is 0 Å². The third-order valence-electron chi connectivity index (χ3n) is 5.41. The van der Waals surface area contributed by atoms with E-state index in [1.807, 2.05) is 73.1 Å². The van der Waals surface area contributed by atoms with Crippen molar-refractivity contribution < 1.29 is 13.9 Å². The van der Waals surface area contributed by atoms with Crippen LogP contribution in [0.5, 0.6) is 5.75 Å². The minimum Gasteiger partial charge on any atom is -0.493 e. The van der Waals surface area contributed by atoms with E-state index in [9.17, 15) is 4.79 Å². The molecule has 154 valence electrons. The van der Waals surface area contributed by atoms with E-state index in [4.69, 9.17) is 14.1 Å². The summed E-state index contributed by atoms with van der Waals surface area (Å²) >= 11 is 0. The van der Waals surface area contributed by atoms with Crippen LogP contribution in [0.1, 0.15) is 21.7 Å². The summed E-state index contributed by atoms with van der Waals surface area (Å²) in [5.74, 6) is 0.508. The van der Waals surface area contributed by atoms with Gasteiger partial charge in [0.05, 0.1) is 12.8 Å². The van der Waals surface area contributed by atoms with Gasteiger partial charge in [0.25, 0.3) is 5.91 Å². The maximum Gasteiger partial charge on any atom is 0.291 e. The molecule has 2 aromatic carbocycles. The van der Waals surface area contributed by atoms with Crippen LogP contribution in [0, 0.1) is 13.8 Å². The van der Waals surface area contributed by atoms with Gasteiger partial charge >= 0.3 is 0 Å². The molecule has 0 radical (unpaired) electrons. The fourth-order valence-corrected chi connectivity index (χ4v) is 3.70. The molecule has 3 heterocycles. The SMILES string of the molecule is COc1cccc2cc(C(=O)Nc3cc(-c4cn5cccc(C)c5n4)ccc3C)oc12. The average molecular weight is 411 g/mol. The highest BCUT2D eigenvalue weighted by Crippen LogP contribution is 2.30. The first-order valence-corrected chi connectivity index (χ1v) is 9.97. The zero-order valence-electron chi connectivity index (χ0n) is 17.5. The number of nitrogens with zero attached hydrogens (tertiary/aromatic N) is 2. The highest BCUT2D eigenvalue weighted by atomic mass is 16.5. The predicted molar refractivity (Wildman–Crippen MR) is 121 cm³/mol. The number of carbonyl (C=O) groups is 1. The molecule has 3 aromatic heterocycles. The first-order valence-electron chi connectivity index (χ1n) is 9.97. The fourth-order valence-electron chi connectivity index (χ4n) is 3.70. The molecule has 0 aliphatic carbocycles. The van der Waals surface area contributed by atoms with Gasteiger partial charge in [0.15, 0.2) is 17.1 Å². The van der Waals surface area contributed by atoms with Gasteiger partial charge in [-0.05, 0) is 49.2 Å². The van der Waals surface area contributed by atoms with Crippen LogP contribution in [0.2, 0.25) is 0 Å². The van der Waals surface area contributed by atoms with Crippen LogP contribution in [-0.4, -0.2) is 22.4 Å². The van der Waals surface area contributed by atoms with E-state index in [2.05, 4.69) is 5.32 Å². The molecule has 0 saturated heterocycles. The number of aromatic nitrogens is 2. The number of carbonyl (C=O) groups excluding carboxylic acids is 1. The number of imidazole rings is 1. The Balaban J connectivity index is 1.48. The third-order valence-corrected chi connectivity index (χ3v) is 5.41. The van der Waals surface area contributed by atoms with Gasteiger partial charge in [-0.1, -0.05) is 30.3 Å². The van der Waals surface area contributed by atoms with E-state index >= 15 is 0 Å². The Hall–Kier alpha value is -4.06. The molecule has 0 spiro atoms. The van der Waals surface area contributed by atoms with Crippen molar-refractivity contribution in [3.63, 3.8) is 0 Å². The summed E-state index contributed by atoms with van der Waals surface area (Å²) in [7, 11) is 1.58. The van der Waals surface area contributed by atoms with Crippen molar-refractivity contribution >= 4 is 28.2 Å². The van der Waals surface area contributed by atoms with Crippen LogP contribution in [-0.2, 0) is 0 Å². The maximum absolute atomic E-state index is 12.9. The summed E-state index contributed by atoms with van der Waals surface area (Å²) in [5, 5.41) is 3.79. The van der Waals surface area contributed by atoms with Crippen LogP contribution in [0.15, 0.2) is 71.4 Å². The van der Waals surface area contributed by atoms with Crippen LogP contribution < -0.4 is 10.1 Å². The number of para-hydroxylation sites is 1. The van der Waals surface area contributed by atoms with Gasteiger partial charge in [-0.25, -0.2) is 4.98 Å². The third kappa shape index (κ3) is 3.32. The van der Waals surface area contributed by atoms with Crippen LogP contribution in [0.3, 0.4) is 0 Å². The van der Waals surface area contributed by atoms with Crippen molar-refractivity contribution in [2.45, 2.75) is 13.8 Å². The molecule has 1 N–H and O–H groups in total. The molecular weight excluding hydrogens is 390 g/mol. The first kappa shape index (κ1) is 18.9. The molecule has 5 rings (SSSR count). The van der Waals surface area contributed by atoms with Gasteiger partial charge in [-0.3, -0.25) is 4.79 Å². The van der Waals surface area contributed by atoms with E-state index in [1.54, 1.807) is 19.2 Å². The number of hydrogen-bond donors (Lipinski definition) is 1. The minimum absolute atomic E-state index is 0.229. The van der Waals surface area contributed by atoms with Crippen molar-refractivity contribution in [1.82, 2.24) is 9.38 Å². The number of furan rings is 1. The molecular formula is C25H21N3O3. The molecule has 0 unspecified atom stereocenters. The molecule has 0 aliphatic rings. The predicted octanol–water partition coefficient (Wildman–Crippen LogP) is 5.63. The molecule has 6 heteroatoms. The molecule has 31 heavy (non-hydrogen) atoms. The second-order valence-electron chi connectivity index (χ2n) is 7.52. The van der Waals surface area contributed by atoms with Crippen molar-refractivity contribution in [1.29, 1.82) is 0 Å². The fraction of sp³-hybridized carbons (Fsp3) is 0.120. The van der Waals surface area contributed by atoms with E-state index in [1.165, 1.54) is 0 Å². The number of benzene rings is 2. The number of ether oxygens (including phenoxy) is 1. The topological polar surface area (TPSA) is 68.8 Å². The number of aryl methyl sites for hydroxylation is 2. The standard InChI is InChI=1S/C25H21N3O3/c1-15-9-10-17(20-14-28-11-5-6-16(2)24(28)26-20)12-19(15)27-25(29)22-13-18-7-4-8-21(30-3)23(18)31-22/h4-14H,1-3H3,(H,27,29). The quantitative estimate of drug-likeness (QED) is 0.416. The summed E-state index contributed by atoms with van der Waals surface area (Å²) in [6.07, 6.45) is 3.97. The van der Waals surface area contributed by atoms with Gasteiger partial charge in [0.1, 0.15) is 5.65 Å². The highest BCUT2D eigenvalue weighted by Gasteiger charge is 2.16. The number of nitrogens with one attached hydrogen (secondary N) is 1. The lowest BCUT2D eigenvalue weighted by Gasteiger charge is -2.09. The minimum atomic E-state index is -0.315. The van der Waals surface area contributed by atoms with Crippen LogP contribution in [0.25, 0.3) is 27.9 Å². The van der Waals surface area contributed by atoms with Crippen molar-refractivity contribution in [2.75, 3.05) is 12.4 Å². The lowest BCUT2D eigenvalue weighted by atomic mass is 10.1. The summed E-state index contributed by atoms with van der Waals surface area (Å²) in [6.45, 7) is 3.99. The molecule has 0 aliphatic heterocycles. The number of anilines is 1. The van der Waals surface area contributed by atoms with Gasteiger partial charge in [0, 0.05) is 29.0 Å². The number of pyridine rings is 1. The average Bonchev–Trinajstić information content (AvgIpc) is 3.40. The lowest BCUT2D eigenvalue weighted by molar-refractivity contribution is 0.0998. The Morgan fingerprint density at radius 3 is 2.74 bits per heavy atom. The van der Waals surface area contributed by atoms with E-state index in [0.717, 1.165) is 33.4 Å². The molecule has 1 amide bonds. The zero-order valence-corrected chi connectivity index (χ0v) is 17.5. The molecule has 5 aromatic rings. The molecule has 0 bridgehead atoms. The summed E-state index contributed by atoms with van der Waals surface area (Å²) < 4.78 is 13.1. The zero-order chi connectivity index (χ0) is 21.5. The Labute approximate surface area is 179 Å². The second-order valence-corrected chi connectivity index (χ2v) is 7.52. The Bertz CT molecular complexity index is 1450. The van der Waals surface area contributed by atoms with Gasteiger partial charge < -0.3 is 18.9 Å². The van der Waals surface area contributed by atoms with E-state index in [0.29, 0.717) is 17.0 Å². The van der Waals surface area contributed by atoms with E-state index < -0.39 is 0 Å². The number of methoxy groups -OCH3 is 1. The Morgan fingerprint density at radius 2 is 1.94 bits per heavy atom. The highest BCUT2D eigenvalue weighted by molar-refractivity contribution is 6.05. The van der Waals surface area contributed by atoms with Crippen molar-refractivity contribution in [3.05, 3.63) is 83.9 Å². The van der Waals surface area contributed by atoms with Crippen LogP contribution in [0.4, 0.5) is 5.69 Å². The largest absolute Gasteiger partial charge is 0.493 e. The number of rotatable bonds is 4. The van der Waals surface area contributed by atoms with E-state index in [-0.39, 0.29) is 11.7 Å². The maximum atomic E-state index is 12.9. The molecule has 0 fully saturated rings. The molecule has 0 atom stereocenters. The normalized spacial score (nSPS) is 11.2. The lowest BCUT2D eigenvalue weighted by Crippen LogP contribution is -2.11. The summed E-state index contributed by atoms with van der Waals surface area (Å²) in [6, 6.07) is 17.2. The van der Waals surface area contributed by atoms with Crippen molar-refractivity contribution in [2.24, 2.45) is 0 Å². The number of fused-ring (bicyclic) bond motifs is 2. The molecule has 6 nitrogen and oxygen atoms in total. The first-order chi connectivity index (χ1) is 15.0.